The highest BCUT2D eigenvalue weighted by molar-refractivity contribution is 7.98. The summed E-state index contributed by atoms with van der Waals surface area (Å²) in [6, 6.07) is 5.45. The summed E-state index contributed by atoms with van der Waals surface area (Å²) in [6.45, 7) is 2.73. The van der Waals surface area contributed by atoms with Crippen LogP contribution in [0.15, 0.2) is 44.2 Å². The Balaban J connectivity index is 1.68. The zero-order valence-corrected chi connectivity index (χ0v) is 14.1. The van der Waals surface area contributed by atoms with Crippen molar-refractivity contribution in [1.29, 1.82) is 0 Å². The Labute approximate surface area is 140 Å². The van der Waals surface area contributed by atoms with Crippen molar-refractivity contribution in [2.45, 2.75) is 30.8 Å². The second-order valence-electron chi connectivity index (χ2n) is 4.90. The van der Waals surface area contributed by atoms with Crippen LogP contribution in [-0.4, -0.2) is 19.9 Å². The second kappa shape index (κ2) is 7.01. The molecule has 0 aliphatic carbocycles. The third kappa shape index (κ3) is 3.83. The van der Waals surface area contributed by atoms with E-state index in [2.05, 4.69) is 26.2 Å². The van der Waals surface area contributed by atoms with Crippen molar-refractivity contribution in [2.75, 3.05) is 0 Å². The van der Waals surface area contributed by atoms with Gasteiger partial charge in [-0.2, -0.15) is 0 Å². The van der Waals surface area contributed by atoms with Crippen LogP contribution in [0.5, 0.6) is 5.75 Å². The molecule has 0 aromatic carbocycles. The Hall–Kier alpha value is -2.06. The molecule has 0 saturated carbocycles. The number of aromatic hydroxyl groups is 1. The molecule has 0 fully saturated rings. The molecule has 0 saturated heterocycles. The zero-order valence-electron chi connectivity index (χ0n) is 12.4. The van der Waals surface area contributed by atoms with Crippen LogP contribution in [0.4, 0.5) is 0 Å². The Morgan fingerprint density at radius 2 is 2.30 bits per heavy atom. The molecule has 0 atom stereocenters. The fraction of sp³-hybridized carbons (Fsp3) is 0.267. The Morgan fingerprint density at radius 3 is 3.04 bits per heavy atom. The number of thioether (sulfide) groups is 1. The molecular formula is C15H15N3O3S2. The van der Waals surface area contributed by atoms with Crippen molar-refractivity contribution >= 4 is 23.1 Å². The van der Waals surface area contributed by atoms with E-state index in [1.165, 1.54) is 22.7 Å². The second-order valence-corrected chi connectivity index (χ2v) is 6.87. The SMILES string of the molecule is Cc1nnc(SCc2cc(=O)c(O)co2)n1CCc1cccs1. The third-order valence-electron chi connectivity index (χ3n) is 3.27. The number of hydrogen-bond donors (Lipinski definition) is 1. The molecule has 23 heavy (non-hydrogen) atoms. The van der Waals surface area contributed by atoms with Crippen LogP contribution >= 0.6 is 23.1 Å². The first-order chi connectivity index (χ1) is 11.1. The molecule has 3 heterocycles. The lowest BCUT2D eigenvalue weighted by atomic mass is 10.3. The van der Waals surface area contributed by atoms with E-state index >= 15 is 0 Å². The zero-order chi connectivity index (χ0) is 16.2. The van der Waals surface area contributed by atoms with Crippen LogP contribution in [0.2, 0.25) is 0 Å². The maximum absolute atomic E-state index is 11.4. The molecule has 0 bridgehead atoms. The van der Waals surface area contributed by atoms with E-state index in [1.807, 2.05) is 13.0 Å². The first kappa shape index (κ1) is 15.8. The van der Waals surface area contributed by atoms with Crippen LogP contribution in [0.3, 0.4) is 0 Å². The summed E-state index contributed by atoms with van der Waals surface area (Å²) in [5.74, 6) is 1.42. The van der Waals surface area contributed by atoms with Gasteiger partial charge in [-0.3, -0.25) is 4.79 Å². The van der Waals surface area contributed by atoms with Gasteiger partial charge in [0.25, 0.3) is 0 Å². The number of hydrogen-bond acceptors (Lipinski definition) is 7. The van der Waals surface area contributed by atoms with Gasteiger partial charge in [-0.25, -0.2) is 0 Å². The first-order valence-corrected chi connectivity index (χ1v) is 8.85. The molecule has 0 spiro atoms. The van der Waals surface area contributed by atoms with E-state index in [4.69, 9.17) is 4.42 Å². The Morgan fingerprint density at radius 1 is 1.43 bits per heavy atom. The minimum Gasteiger partial charge on any atom is -0.502 e. The largest absolute Gasteiger partial charge is 0.502 e. The van der Waals surface area contributed by atoms with E-state index in [-0.39, 0.29) is 5.75 Å². The summed E-state index contributed by atoms with van der Waals surface area (Å²) in [4.78, 5) is 12.7. The molecule has 3 aromatic heterocycles. The molecule has 0 radical (unpaired) electrons. The number of thiophene rings is 1. The fourth-order valence-electron chi connectivity index (χ4n) is 2.06. The maximum Gasteiger partial charge on any atom is 0.226 e. The van der Waals surface area contributed by atoms with Crippen molar-refractivity contribution < 1.29 is 9.52 Å². The van der Waals surface area contributed by atoms with Gasteiger partial charge in [-0.15, -0.1) is 21.5 Å². The van der Waals surface area contributed by atoms with Crippen molar-refractivity contribution in [3.63, 3.8) is 0 Å². The standard InChI is InChI=1S/C15H15N3O3S2/c1-10-16-17-15(18(10)5-4-12-3-2-6-22-12)23-9-11-7-13(19)14(20)8-21-11/h2-3,6-8,20H,4-5,9H2,1H3. The first-order valence-electron chi connectivity index (χ1n) is 6.99. The maximum atomic E-state index is 11.4. The summed E-state index contributed by atoms with van der Waals surface area (Å²) in [5.41, 5.74) is -0.442. The van der Waals surface area contributed by atoms with Crippen LogP contribution in [0, 0.1) is 6.92 Å². The number of nitrogens with zero attached hydrogens (tertiary/aromatic N) is 3. The predicted octanol–water partition coefficient (Wildman–Crippen LogP) is 2.84. The molecule has 0 aliphatic rings. The number of aryl methyl sites for hydroxylation is 2. The lowest BCUT2D eigenvalue weighted by molar-refractivity contribution is 0.419. The van der Waals surface area contributed by atoms with Crippen molar-refractivity contribution in [2.24, 2.45) is 0 Å². The van der Waals surface area contributed by atoms with Crippen LogP contribution < -0.4 is 5.43 Å². The van der Waals surface area contributed by atoms with E-state index in [1.54, 1.807) is 11.3 Å². The molecule has 6 nitrogen and oxygen atoms in total. The van der Waals surface area contributed by atoms with Gasteiger partial charge < -0.3 is 14.1 Å². The molecular weight excluding hydrogens is 334 g/mol. The molecule has 0 amide bonds. The average Bonchev–Trinajstić information content (AvgIpc) is 3.16. The highest BCUT2D eigenvalue weighted by atomic mass is 32.2. The lowest BCUT2D eigenvalue weighted by Crippen LogP contribution is -2.05. The fourth-order valence-corrected chi connectivity index (χ4v) is 3.66. The highest BCUT2D eigenvalue weighted by Crippen LogP contribution is 2.22. The van der Waals surface area contributed by atoms with Crippen LogP contribution in [0.1, 0.15) is 16.5 Å². The van der Waals surface area contributed by atoms with E-state index in [0.29, 0.717) is 11.5 Å². The number of aromatic nitrogens is 3. The van der Waals surface area contributed by atoms with Crippen molar-refractivity contribution in [3.8, 4) is 5.75 Å². The van der Waals surface area contributed by atoms with E-state index < -0.39 is 5.43 Å². The molecule has 0 unspecified atom stereocenters. The molecule has 0 aliphatic heterocycles. The van der Waals surface area contributed by atoms with Gasteiger partial charge in [-0.1, -0.05) is 17.8 Å². The molecule has 120 valence electrons. The van der Waals surface area contributed by atoms with E-state index in [0.717, 1.165) is 30.2 Å². The van der Waals surface area contributed by atoms with Crippen molar-refractivity contribution in [1.82, 2.24) is 14.8 Å². The normalized spacial score (nSPS) is 11.0. The molecule has 3 aromatic rings. The molecule has 3 rings (SSSR count). The Bertz CT molecular complexity index is 840. The minimum atomic E-state index is -0.442. The predicted molar refractivity (Wildman–Crippen MR) is 89.0 cm³/mol. The summed E-state index contributed by atoms with van der Waals surface area (Å²) in [6.07, 6.45) is 1.99. The van der Waals surface area contributed by atoms with Gasteiger partial charge in [0, 0.05) is 17.5 Å². The van der Waals surface area contributed by atoms with Gasteiger partial charge in [0.05, 0.1) is 5.75 Å². The van der Waals surface area contributed by atoms with Gasteiger partial charge in [0.1, 0.15) is 17.8 Å². The monoisotopic (exact) mass is 349 g/mol. The average molecular weight is 349 g/mol. The summed E-state index contributed by atoms with van der Waals surface area (Å²) in [5, 5.41) is 20.4. The topological polar surface area (TPSA) is 81.2 Å². The molecule has 8 heteroatoms. The minimum absolute atomic E-state index is 0.381. The highest BCUT2D eigenvalue weighted by Gasteiger charge is 2.11. The summed E-state index contributed by atoms with van der Waals surface area (Å²) >= 11 is 3.19. The summed E-state index contributed by atoms with van der Waals surface area (Å²) in [7, 11) is 0. The van der Waals surface area contributed by atoms with Gasteiger partial charge in [-0.05, 0) is 24.8 Å². The smallest absolute Gasteiger partial charge is 0.226 e. The Kier molecular flexibility index (Phi) is 4.82. The van der Waals surface area contributed by atoms with E-state index in [9.17, 15) is 9.90 Å². The van der Waals surface area contributed by atoms with Gasteiger partial charge >= 0.3 is 0 Å². The van der Waals surface area contributed by atoms with Gasteiger partial charge in [0.15, 0.2) is 10.9 Å². The van der Waals surface area contributed by atoms with Crippen LogP contribution in [0.25, 0.3) is 0 Å². The summed E-state index contributed by atoms with van der Waals surface area (Å²) < 4.78 is 7.26. The van der Waals surface area contributed by atoms with Crippen molar-refractivity contribution in [3.05, 3.63) is 56.5 Å². The molecule has 1 N–H and O–H groups in total. The van der Waals surface area contributed by atoms with Crippen LogP contribution in [-0.2, 0) is 18.7 Å². The third-order valence-corrected chi connectivity index (χ3v) is 5.20. The lowest BCUT2D eigenvalue weighted by Gasteiger charge is -2.07. The number of rotatable bonds is 6. The quantitative estimate of drug-likeness (QED) is 0.689. The van der Waals surface area contributed by atoms with Gasteiger partial charge in [0.2, 0.25) is 5.43 Å².